The molecule has 4 rings (SSSR count). The number of anilines is 1. The lowest BCUT2D eigenvalue weighted by Gasteiger charge is -2.12. The summed E-state index contributed by atoms with van der Waals surface area (Å²) in [5.41, 5.74) is 7.63. The molecule has 3 aromatic rings. The van der Waals surface area contributed by atoms with Gasteiger partial charge in [0, 0.05) is 0 Å². The van der Waals surface area contributed by atoms with Gasteiger partial charge in [0.05, 0.1) is 15.9 Å². The van der Waals surface area contributed by atoms with Crippen LogP contribution in [0.1, 0.15) is 0 Å². The number of aromatic nitrogens is 1. The fourth-order valence-electron chi connectivity index (χ4n) is 2.32. The molecule has 1 atom stereocenters. The molecule has 1 amide bonds. The van der Waals surface area contributed by atoms with E-state index in [0.717, 1.165) is 14.6 Å². The van der Waals surface area contributed by atoms with Crippen molar-refractivity contribution in [2.24, 2.45) is 10.8 Å². The maximum absolute atomic E-state index is 12.6. The van der Waals surface area contributed by atoms with Crippen LogP contribution in [0.25, 0.3) is 10.2 Å². The minimum Gasteiger partial charge on any atom is -0.384 e. The van der Waals surface area contributed by atoms with Crippen molar-refractivity contribution in [3.63, 3.8) is 0 Å². The van der Waals surface area contributed by atoms with Crippen molar-refractivity contribution in [2.45, 2.75) is 9.59 Å². The summed E-state index contributed by atoms with van der Waals surface area (Å²) in [6.45, 7) is 0. The molecule has 2 N–H and O–H groups in total. The highest BCUT2D eigenvalue weighted by Gasteiger charge is 2.36. The van der Waals surface area contributed by atoms with E-state index in [1.165, 1.54) is 16.8 Å². The Hall–Kier alpha value is -2.38. The molecule has 2 aromatic carbocycles. The third-order valence-corrected chi connectivity index (χ3v) is 5.75. The van der Waals surface area contributed by atoms with Gasteiger partial charge in [0.15, 0.2) is 9.59 Å². The first kappa shape index (κ1) is 14.2. The van der Waals surface area contributed by atoms with Gasteiger partial charge in [-0.2, -0.15) is 10.1 Å². The second kappa shape index (κ2) is 5.68. The van der Waals surface area contributed by atoms with E-state index < -0.39 is 5.25 Å². The van der Waals surface area contributed by atoms with E-state index in [1.807, 2.05) is 54.6 Å². The Kier molecular flexibility index (Phi) is 3.51. The van der Waals surface area contributed by atoms with Gasteiger partial charge in [0.25, 0.3) is 5.91 Å². The molecule has 1 aliphatic rings. The van der Waals surface area contributed by atoms with Gasteiger partial charge in [-0.15, -0.1) is 11.3 Å². The lowest BCUT2D eigenvalue weighted by Crippen LogP contribution is -2.32. The van der Waals surface area contributed by atoms with Gasteiger partial charge < -0.3 is 5.73 Å². The van der Waals surface area contributed by atoms with Crippen molar-refractivity contribution in [3.05, 3.63) is 54.6 Å². The molecule has 0 saturated carbocycles. The predicted molar refractivity (Wildman–Crippen MR) is 94.8 cm³/mol. The van der Waals surface area contributed by atoms with E-state index >= 15 is 0 Å². The van der Waals surface area contributed by atoms with Gasteiger partial charge in [0.2, 0.25) is 0 Å². The van der Waals surface area contributed by atoms with Crippen molar-refractivity contribution in [1.82, 2.24) is 4.98 Å². The van der Waals surface area contributed by atoms with Crippen molar-refractivity contribution < 1.29 is 4.79 Å². The number of rotatable bonds is 3. The zero-order valence-corrected chi connectivity index (χ0v) is 13.6. The Bertz CT molecular complexity index is 874. The molecule has 5 nitrogen and oxygen atoms in total. The second-order valence-corrected chi connectivity index (χ2v) is 7.34. The van der Waals surface area contributed by atoms with Crippen molar-refractivity contribution in [1.29, 1.82) is 0 Å². The Morgan fingerprint density at radius 3 is 2.61 bits per heavy atom. The summed E-state index contributed by atoms with van der Waals surface area (Å²) >= 11 is 2.91. The zero-order chi connectivity index (χ0) is 15.8. The van der Waals surface area contributed by atoms with Crippen molar-refractivity contribution in [3.8, 4) is 0 Å². The average Bonchev–Trinajstić information content (AvgIpc) is 3.11. The summed E-state index contributed by atoms with van der Waals surface area (Å²) < 4.78 is 1.91. The van der Waals surface area contributed by atoms with Gasteiger partial charge in [-0.05, 0) is 24.3 Å². The average molecular weight is 340 g/mol. The fourth-order valence-corrected chi connectivity index (χ4v) is 4.49. The lowest BCUT2D eigenvalue weighted by atomic mass is 10.3. The molecule has 114 valence electrons. The van der Waals surface area contributed by atoms with E-state index in [2.05, 4.69) is 10.1 Å². The van der Waals surface area contributed by atoms with E-state index in [0.29, 0.717) is 11.5 Å². The van der Waals surface area contributed by atoms with Crippen LogP contribution >= 0.6 is 23.1 Å². The number of amidine groups is 1. The summed E-state index contributed by atoms with van der Waals surface area (Å²) in [6, 6.07) is 17.2. The highest BCUT2D eigenvalue weighted by molar-refractivity contribution is 8.03. The first-order valence-corrected chi connectivity index (χ1v) is 8.67. The number of fused-ring (bicyclic) bond motifs is 1. The van der Waals surface area contributed by atoms with Crippen LogP contribution in [0.5, 0.6) is 0 Å². The van der Waals surface area contributed by atoms with E-state index in [4.69, 9.17) is 5.73 Å². The number of amides is 1. The zero-order valence-electron chi connectivity index (χ0n) is 11.9. The number of hydrogen-bond donors (Lipinski definition) is 1. The van der Waals surface area contributed by atoms with E-state index in [9.17, 15) is 4.79 Å². The molecule has 7 heteroatoms. The maximum atomic E-state index is 12.6. The summed E-state index contributed by atoms with van der Waals surface area (Å²) in [6.07, 6.45) is 0. The molecule has 0 aliphatic carbocycles. The SMILES string of the molecule is NC1=NN(c2ccccc2)C(=O)[C@@H]1Sc1nc2ccccc2s1. The minimum absolute atomic E-state index is 0.141. The van der Waals surface area contributed by atoms with Crippen LogP contribution in [0.4, 0.5) is 5.69 Å². The minimum atomic E-state index is -0.532. The Morgan fingerprint density at radius 2 is 1.83 bits per heavy atom. The van der Waals surface area contributed by atoms with Crippen molar-refractivity contribution in [2.75, 3.05) is 5.01 Å². The molecule has 2 heterocycles. The maximum Gasteiger partial charge on any atom is 0.268 e. The van der Waals surface area contributed by atoms with Crippen LogP contribution in [0.15, 0.2) is 64.0 Å². The second-order valence-electron chi connectivity index (χ2n) is 4.96. The number of hydrazone groups is 1. The van der Waals surface area contributed by atoms with Crippen molar-refractivity contribution >= 4 is 50.7 Å². The molecule has 1 aliphatic heterocycles. The van der Waals surface area contributed by atoms with Gasteiger partial charge >= 0.3 is 0 Å². The largest absolute Gasteiger partial charge is 0.384 e. The molecular formula is C16H12N4OS2. The van der Waals surface area contributed by atoms with Crippen LogP contribution in [0, 0.1) is 0 Å². The highest BCUT2D eigenvalue weighted by Crippen LogP contribution is 2.35. The molecule has 0 radical (unpaired) electrons. The number of benzene rings is 2. The van der Waals surface area contributed by atoms with E-state index in [-0.39, 0.29) is 5.91 Å². The molecule has 0 bridgehead atoms. The monoisotopic (exact) mass is 340 g/mol. The standard InChI is InChI=1S/C16H12N4OS2/c17-14-13(15(21)20(19-14)10-6-2-1-3-7-10)23-16-18-11-8-4-5-9-12(11)22-16/h1-9,13H,(H2,17,19)/t13-/m1/s1. The van der Waals surface area contributed by atoms with Crippen LogP contribution in [-0.2, 0) is 4.79 Å². The molecular weight excluding hydrogens is 328 g/mol. The molecule has 23 heavy (non-hydrogen) atoms. The Labute approximate surface area is 140 Å². The summed E-state index contributed by atoms with van der Waals surface area (Å²) in [7, 11) is 0. The first-order valence-electron chi connectivity index (χ1n) is 6.97. The number of nitrogens with two attached hydrogens (primary N) is 1. The molecule has 1 aromatic heterocycles. The quantitative estimate of drug-likeness (QED) is 0.795. The Balaban J connectivity index is 1.60. The van der Waals surface area contributed by atoms with Crippen LogP contribution in [0.3, 0.4) is 0 Å². The number of carbonyl (C=O) groups is 1. The first-order chi connectivity index (χ1) is 11.2. The third kappa shape index (κ3) is 2.58. The topological polar surface area (TPSA) is 71.6 Å². The van der Waals surface area contributed by atoms with Gasteiger partial charge in [-0.3, -0.25) is 4.79 Å². The molecule has 0 fully saturated rings. The van der Waals surface area contributed by atoms with Gasteiger partial charge in [-0.1, -0.05) is 42.1 Å². The molecule has 0 unspecified atom stereocenters. The number of para-hydroxylation sites is 2. The lowest BCUT2D eigenvalue weighted by molar-refractivity contribution is -0.116. The van der Waals surface area contributed by atoms with Gasteiger partial charge in [0.1, 0.15) is 5.84 Å². The third-order valence-electron chi connectivity index (χ3n) is 3.41. The van der Waals surface area contributed by atoms with E-state index in [1.54, 1.807) is 11.3 Å². The number of nitrogens with zero attached hydrogens (tertiary/aromatic N) is 3. The number of carbonyl (C=O) groups excluding carboxylic acids is 1. The number of thiazole rings is 1. The summed E-state index contributed by atoms with van der Waals surface area (Å²) in [4.78, 5) is 17.2. The normalized spacial score (nSPS) is 17.7. The number of thioether (sulfide) groups is 1. The fraction of sp³-hybridized carbons (Fsp3) is 0.0625. The van der Waals surface area contributed by atoms with Crippen LogP contribution < -0.4 is 10.7 Å². The van der Waals surface area contributed by atoms with Crippen LogP contribution in [-0.4, -0.2) is 22.0 Å². The molecule has 0 spiro atoms. The summed E-state index contributed by atoms with van der Waals surface area (Å²) in [5, 5.41) is 5.04. The Morgan fingerprint density at radius 1 is 1.09 bits per heavy atom. The number of hydrogen-bond acceptors (Lipinski definition) is 6. The smallest absolute Gasteiger partial charge is 0.268 e. The summed E-state index contributed by atoms with van der Waals surface area (Å²) in [5.74, 6) is 0.168. The van der Waals surface area contributed by atoms with Crippen LogP contribution in [0.2, 0.25) is 0 Å². The predicted octanol–water partition coefficient (Wildman–Crippen LogP) is 3.08. The highest BCUT2D eigenvalue weighted by atomic mass is 32.2. The molecule has 0 saturated heterocycles. The van der Waals surface area contributed by atoms with Gasteiger partial charge in [-0.25, -0.2) is 4.98 Å².